The van der Waals surface area contributed by atoms with Gasteiger partial charge in [-0.1, -0.05) is 24.3 Å². The maximum Gasteiger partial charge on any atom is 0.0951 e. The molecule has 1 atom stereocenters. The zero-order valence-electron chi connectivity index (χ0n) is 11.9. The third-order valence-corrected chi connectivity index (χ3v) is 3.92. The lowest BCUT2D eigenvalue weighted by Gasteiger charge is -2.17. The molecule has 0 bridgehead atoms. The summed E-state index contributed by atoms with van der Waals surface area (Å²) in [5, 5.41) is 3.58. The van der Waals surface area contributed by atoms with Crippen molar-refractivity contribution in [2.24, 2.45) is 0 Å². The molecular weight excluding hydrogens is 250 g/mol. The van der Waals surface area contributed by atoms with E-state index in [9.17, 15) is 0 Å². The molecule has 1 N–H and O–H groups in total. The standard InChI is InChI=1S/C16H21N3O/c1-20-10-9-19-12-17-11-16(19)14-6-3-2-5-13(14)15-7-4-8-18-15/h2-3,5-6,11-12,15,18H,4,7-10H2,1H3/t15-/m0/s1. The number of hydrogen-bond donors (Lipinski definition) is 1. The molecule has 1 aliphatic heterocycles. The van der Waals surface area contributed by atoms with E-state index in [0.717, 1.165) is 13.1 Å². The Labute approximate surface area is 119 Å². The van der Waals surface area contributed by atoms with Crippen molar-refractivity contribution < 1.29 is 4.74 Å². The predicted octanol–water partition coefficient (Wildman–Crippen LogP) is 2.62. The molecule has 20 heavy (non-hydrogen) atoms. The van der Waals surface area contributed by atoms with Gasteiger partial charge in [-0.3, -0.25) is 0 Å². The van der Waals surface area contributed by atoms with Crippen molar-refractivity contribution in [2.45, 2.75) is 25.4 Å². The summed E-state index contributed by atoms with van der Waals surface area (Å²) in [5.74, 6) is 0. The van der Waals surface area contributed by atoms with Crippen molar-refractivity contribution in [2.75, 3.05) is 20.3 Å². The lowest BCUT2D eigenvalue weighted by atomic mass is 9.97. The Morgan fingerprint density at radius 2 is 2.30 bits per heavy atom. The van der Waals surface area contributed by atoms with Crippen LogP contribution in [0.3, 0.4) is 0 Å². The maximum absolute atomic E-state index is 5.18. The third-order valence-electron chi connectivity index (χ3n) is 3.92. The van der Waals surface area contributed by atoms with Crippen LogP contribution in [0.1, 0.15) is 24.4 Å². The van der Waals surface area contributed by atoms with Crippen LogP contribution in [0.5, 0.6) is 0 Å². The molecule has 0 saturated carbocycles. The number of aromatic nitrogens is 2. The van der Waals surface area contributed by atoms with Crippen LogP contribution >= 0.6 is 0 Å². The molecule has 0 amide bonds. The molecule has 1 fully saturated rings. The van der Waals surface area contributed by atoms with Gasteiger partial charge in [0.15, 0.2) is 0 Å². The minimum Gasteiger partial charge on any atom is -0.383 e. The number of ether oxygens (including phenoxy) is 1. The fourth-order valence-electron chi connectivity index (χ4n) is 2.90. The van der Waals surface area contributed by atoms with Gasteiger partial charge in [-0.15, -0.1) is 0 Å². The van der Waals surface area contributed by atoms with E-state index >= 15 is 0 Å². The Bertz CT molecular complexity index is 558. The van der Waals surface area contributed by atoms with Crippen molar-refractivity contribution in [3.05, 3.63) is 42.4 Å². The average molecular weight is 271 g/mol. The summed E-state index contributed by atoms with van der Waals surface area (Å²) < 4.78 is 7.34. The second-order valence-electron chi connectivity index (χ2n) is 5.20. The van der Waals surface area contributed by atoms with E-state index in [-0.39, 0.29) is 0 Å². The Morgan fingerprint density at radius 3 is 3.10 bits per heavy atom. The molecule has 0 unspecified atom stereocenters. The number of nitrogens with zero attached hydrogens (tertiary/aromatic N) is 2. The van der Waals surface area contributed by atoms with Crippen LogP contribution in [-0.4, -0.2) is 29.8 Å². The first-order valence-electron chi connectivity index (χ1n) is 7.22. The summed E-state index contributed by atoms with van der Waals surface area (Å²) in [6, 6.07) is 9.11. The summed E-state index contributed by atoms with van der Waals surface area (Å²) in [5.41, 5.74) is 3.83. The van der Waals surface area contributed by atoms with Gasteiger partial charge in [0.1, 0.15) is 0 Å². The molecule has 0 spiro atoms. The van der Waals surface area contributed by atoms with Crippen LogP contribution in [0.15, 0.2) is 36.8 Å². The first-order valence-corrected chi connectivity index (χ1v) is 7.22. The summed E-state index contributed by atoms with van der Waals surface area (Å²) >= 11 is 0. The zero-order chi connectivity index (χ0) is 13.8. The molecule has 2 heterocycles. The predicted molar refractivity (Wildman–Crippen MR) is 79.5 cm³/mol. The van der Waals surface area contributed by atoms with Gasteiger partial charge in [0, 0.05) is 25.3 Å². The molecule has 0 aliphatic carbocycles. The van der Waals surface area contributed by atoms with Gasteiger partial charge in [-0.25, -0.2) is 4.98 Å². The molecule has 3 rings (SSSR count). The molecule has 1 aliphatic rings. The first kappa shape index (κ1) is 13.3. The number of methoxy groups -OCH3 is 1. The SMILES string of the molecule is COCCn1cncc1-c1ccccc1[C@@H]1CCCN1. The summed E-state index contributed by atoms with van der Waals surface area (Å²) in [6.45, 7) is 2.65. The molecule has 1 aromatic heterocycles. The topological polar surface area (TPSA) is 39.1 Å². The van der Waals surface area contributed by atoms with Crippen molar-refractivity contribution in [3.8, 4) is 11.3 Å². The molecule has 4 heteroatoms. The minimum absolute atomic E-state index is 0.469. The van der Waals surface area contributed by atoms with Gasteiger partial charge < -0.3 is 14.6 Å². The van der Waals surface area contributed by atoms with Gasteiger partial charge >= 0.3 is 0 Å². The van der Waals surface area contributed by atoms with Crippen LogP contribution < -0.4 is 5.32 Å². The van der Waals surface area contributed by atoms with E-state index in [4.69, 9.17) is 4.74 Å². The molecule has 0 radical (unpaired) electrons. The van der Waals surface area contributed by atoms with Gasteiger partial charge in [0.05, 0.1) is 24.8 Å². The normalized spacial score (nSPS) is 18.6. The summed E-state index contributed by atoms with van der Waals surface area (Å²) in [6.07, 6.45) is 6.29. The molecule has 2 aromatic rings. The number of benzene rings is 1. The number of imidazole rings is 1. The summed E-state index contributed by atoms with van der Waals surface area (Å²) in [4.78, 5) is 4.31. The second kappa shape index (κ2) is 6.20. The van der Waals surface area contributed by atoms with Crippen LogP contribution in [0.25, 0.3) is 11.3 Å². The van der Waals surface area contributed by atoms with Crippen LogP contribution in [0.2, 0.25) is 0 Å². The lowest BCUT2D eigenvalue weighted by Crippen LogP contribution is -2.14. The highest BCUT2D eigenvalue weighted by Gasteiger charge is 2.20. The van der Waals surface area contributed by atoms with E-state index in [1.54, 1.807) is 7.11 Å². The van der Waals surface area contributed by atoms with E-state index < -0.39 is 0 Å². The second-order valence-corrected chi connectivity index (χ2v) is 5.20. The van der Waals surface area contributed by atoms with E-state index in [1.165, 1.54) is 29.7 Å². The molecule has 4 nitrogen and oxygen atoms in total. The van der Waals surface area contributed by atoms with Gasteiger partial charge in [0.25, 0.3) is 0 Å². The lowest BCUT2D eigenvalue weighted by molar-refractivity contribution is 0.187. The highest BCUT2D eigenvalue weighted by atomic mass is 16.5. The Kier molecular flexibility index (Phi) is 4.14. The third kappa shape index (κ3) is 2.62. The number of hydrogen-bond acceptors (Lipinski definition) is 3. The monoisotopic (exact) mass is 271 g/mol. The summed E-state index contributed by atoms with van der Waals surface area (Å²) in [7, 11) is 1.73. The fourth-order valence-corrected chi connectivity index (χ4v) is 2.90. The number of nitrogens with one attached hydrogen (secondary N) is 1. The number of rotatable bonds is 5. The average Bonchev–Trinajstić information content (AvgIpc) is 3.16. The Morgan fingerprint density at radius 1 is 1.40 bits per heavy atom. The smallest absolute Gasteiger partial charge is 0.0951 e. The molecule has 1 aromatic carbocycles. The van der Waals surface area contributed by atoms with Gasteiger partial charge in [-0.2, -0.15) is 0 Å². The fraction of sp³-hybridized carbons (Fsp3) is 0.438. The van der Waals surface area contributed by atoms with Gasteiger partial charge in [0.2, 0.25) is 0 Å². The first-order chi connectivity index (χ1) is 9.90. The molecule has 1 saturated heterocycles. The van der Waals surface area contributed by atoms with Crippen LogP contribution in [0.4, 0.5) is 0 Å². The van der Waals surface area contributed by atoms with E-state index in [0.29, 0.717) is 12.6 Å². The quantitative estimate of drug-likeness (QED) is 0.908. The Balaban J connectivity index is 1.95. The maximum atomic E-state index is 5.18. The highest BCUT2D eigenvalue weighted by Crippen LogP contribution is 2.32. The Hall–Kier alpha value is -1.65. The van der Waals surface area contributed by atoms with Crippen molar-refractivity contribution in [3.63, 3.8) is 0 Å². The molecular formula is C16H21N3O. The van der Waals surface area contributed by atoms with Crippen LogP contribution in [-0.2, 0) is 11.3 Å². The highest BCUT2D eigenvalue weighted by molar-refractivity contribution is 5.64. The largest absolute Gasteiger partial charge is 0.383 e. The van der Waals surface area contributed by atoms with Gasteiger partial charge in [-0.05, 0) is 24.9 Å². The van der Waals surface area contributed by atoms with Crippen molar-refractivity contribution >= 4 is 0 Å². The van der Waals surface area contributed by atoms with Crippen molar-refractivity contribution in [1.82, 2.24) is 14.9 Å². The van der Waals surface area contributed by atoms with Crippen LogP contribution in [0, 0.1) is 0 Å². The van der Waals surface area contributed by atoms with E-state index in [1.807, 2.05) is 12.5 Å². The van der Waals surface area contributed by atoms with E-state index in [2.05, 4.69) is 39.1 Å². The van der Waals surface area contributed by atoms with Crippen molar-refractivity contribution in [1.29, 1.82) is 0 Å². The minimum atomic E-state index is 0.469. The zero-order valence-corrected chi connectivity index (χ0v) is 11.9. The molecule has 106 valence electrons.